The Bertz CT molecular complexity index is 1070. The first kappa shape index (κ1) is 20.3. The Kier molecular flexibility index (Phi) is 6.54. The summed E-state index contributed by atoms with van der Waals surface area (Å²) in [7, 11) is 0. The van der Waals surface area contributed by atoms with Crippen LogP contribution < -0.4 is 10.8 Å². The minimum Gasteiger partial charge on any atom is -0.313 e. The topological polar surface area (TPSA) is 61.4 Å². The standard InChI is InChI=1S/C25H24N2O2S/c28-25(27-29)24-16-21-15-18(11-12-23(21)30-24)17-26-14-13-22(19-7-3-1-4-8-19)20-9-5-2-6-10-20/h1-12,15-16,22,26,29H,13-14,17H2,(H,27,28). The van der Waals surface area contributed by atoms with Crippen molar-refractivity contribution in [1.82, 2.24) is 10.8 Å². The van der Waals surface area contributed by atoms with Gasteiger partial charge in [-0.25, -0.2) is 5.48 Å². The third-order valence-electron chi connectivity index (χ3n) is 5.25. The molecule has 4 nitrogen and oxygen atoms in total. The average Bonchev–Trinajstić information content (AvgIpc) is 3.23. The van der Waals surface area contributed by atoms with Crippen LogP contribution in [0.3, 0.4) is 0 Å². The fraction of sp³-hybridized carbons (Fsp3) is 0.160. The highest BCUT2D eigenvalue weighted by Gasteiger charge is 2.13. The lowest BCUT2D eigenvalue weighted by molar-refractivity contribution is 0.0711. The summed E-state index contributed by atoms with van der Waals surface area (Å²) >= 11 is 1.37. The van der Waals surface area contributed by atoms with Crippen molar-refractivity contribution in [3.63, 3.8) is 0 Å². The van der Waals surface area contributed by atoms with E-state index >= 15 is 0 Å². The fourth-order valence-corrected chi connectivity index (χ4v) is 4.68. The van der Waals surface area contributed by atoms with Crippen molar-refractivity contribution in [2.75, 3.05) is 6.54 Å². The van der Waals surface area contributed by atoms with Crippen LogP contribution in [0.5, 0.6) is 0 Å². The molecule has 4 rings (SSSR count). The van der Waals surface area contributed by atoms with Gasteiger partial charge in [-0.05, 0) is 53.2 Å². The Labute approximate surface area is 180 Å². The second-order valence-corrected chi connectivity index (χ2v) is 8.35. The van der Waals surface area contributed by atoms with E-state index in [1.165, 1.54) is 28.0 Å². The van der Waals surface area contributed by atoms with Crippen molar-refractivity contribution in [2.24, 2.45) is 0 Å². The molecule has 152 valence electrons. The van der Waals surface area contributed by atoms with Crippen molar-refractivity contribution in [1.29, 1.82) is 0 Å². The van der Waals surface area contributed by atoms with E-state index < -0.39 is 5.91 Å². The van der Waals surface area contributed by atoms with Gasteiger partial charge in [0.2, 0.25) is 0 Å². The van der Waals surface area contributed by atoms with Crippen LogP contribution in [0.25, 0.3) is 10.1 Å². The van der Waals surface area contributed by atoms with Crippen LogP contribution in [0.2, 0.25) is 0 Å². The van der Waals surface area contributed by atoms with Crippen LogP contribution in [0.15, 0.2) is 84.9 Å². The van der Waals surface area contributed by atoms with Crippen molar-refractivity contribution in [3.8, 4) is 0 Å². The molecule has 4 aromatic rings. The molecule has 3 N–H and O–H groups in total. The van der Waals surface area contributed by atoms with Gasteiger partial charge >= 0.3 is 0 Å². The van der Waals surface area contributed by atoms with Crippen LogP contribution in [0, 0.1) is 0 Å². The molecule has 0 aliphatic heterocycles. The lowest BCUT2D eigenvalue weighted by Gasteiger charge is -2.18. The Morgan fingerprint density at radius 3 is 2.20 bits per heavy atom. The SMILES string of the molecule is O=C(NO)c1cc2cc(CNCCC(c3ccccc3)c3ccccc3)ccc2s1. The molecule has 0 aliphatic carbocycles. The Balaban J connectivity index is 1.40. The first-order valence-corrected chi connectivity index (χ1v) is 10.8. The number of fused-ring (bicyclic) bond motifs is 1. The summed E-state index contributed by atoms with van der Waals surface area (Å²) in [5, 5.41) is 13.4. The van der Waals surface area contributed by atoms with Crippen LogP contribution in [0.1, 0.15) is 38.7 Å². The average molecular weight is 417 g/mol. The highest BCUT2D eigenvalue weighted by atomic mass is 32.1. The molecule has 1 aromatic heterocycles. The van der Waals surface area contributed by atoms with E-state index in [-0.39, 0.29) is 0 Å². The van der Waals surface area contributed by atoms with Crippen LogP contribution in [-0.4, -0.2) is 17.7 Å². The van der Waals surface area contributed by atoms with Crippen LogP contribution >= 0.6 is 11.3 Å². The van der Waals surface area contributed by atoms with Gasteiger partial charge in [-0.1, -0.05) is 66.7 Å². The molecule has 1 amide bonds. The van der Waals surface area contributed by atoms with Gasteiger partial charge in [0.15, 0.2) is 0 Å². The minimum atomic E-state index is -0.469. The van der Waals surface area contributed by atoms with Gasteiger partial charge < -0.3 is 5.32 Å². The van der Waals surface area contributed by atoms with E-state index in [4.69, 9.17) is 5.21 Å². The zero-order valence-corrected chi connectivity index (χ0v) is 17.4. The molecule has 3 aromatic carbocycles. The van der Waals surface area contributed by atoms with E-state index in [2.05, 4.69) is 78.1 Å². The lowest BCUT2D eigenvalue weighted by atomic mass is 9.88. The maximum atomic E-state index is 11.6. The second-order valence-electron chi connectivity index (χ2n) is 7.26. The number of hydroxylamine groups is 1. The molecule has 0 atom stereocenters. The number of carbonyl (C=O) groups is 1. The fourth-order valence-electron chi connectivity index (χ4n) is 3.75. The molecule has 30 heavy (non-hydrogen) atoms. The monoisotopic (exact) mass is 416 g/mol. The summed E-state index contributed by atoms with van der Waals surface area (Å²) in [5.74, 6) is -0.109. The summed E-state index contributed by atoms with van der Waals surface area (Å²) < 4.78 is 1.03. The van der Waals surface area contributed by atoms with Gasteiger partial charge in [0.05, 0.1) is 4.88 Å². The van der Waals surface area contributed by atoms with Gasteiger partial charge in [0.25, 0.3) is 5.91 Å². The van der Waals surface area contributed by atoms with Crippen LogP contribution in [-0.2, 0) is 6.54 Å². The minimum absolute atomic E-state index is 0.360. The number of hydrogen-bond donors (Lipinski definition) is 3. The first-order valence-electron chi connectivity index (χ1n) is 10.0. The third kappa shape index (κ3) is 4.76. The molecule has 0 saturated heterocycles. The number of hydrogen-bond acceptors (Lipinski definition) is 4. The molecular formula is C25H24N2O2S. The summed E-state index contributed by atoms with van der Waals surface area (Å²) in [6, 6.07) is 29.3. The predicted molar refractivity (Wildman–Crippen MR) is 122 cm³/mol. The summed E-state index contributed by atoms with van der Waals surface area (Å²) in [6.45, 7) is 1.66. The molecule has 0 unspecified atom stereocenters. The predicted octanol–water partition coefficient (Wildman–Crippen LogP) is 5.33. The van der Waals surface area contributed by atoms with E-state index in [1.807, 2.05) is 12.1 Å². The highest BCUT2D eigenvalue weighted by molar-refractivity contribution is 7.20. The zero-order chi connectivity index (χ0) is 20.8. The molecule has 0 radical (unpaired) electrons. The maximum Gasteiger partial charge on any atom is 0.284 e. The first-order chi connectivity index (χ1) is 14.7. The quantitative estimate of drug-likeness (QED) is 0.207. The molecule has 0 aliphatic rings. The summed E-state index contributed by atoms with van der Waals surface area (Å²) in [6.07, 6.45) is 1.01. The molecule has 0 saturated carbocycles. The number of rotatable bonds is 8. The lowest BCUT2D eigenvalue weighted by Crippen LogP contribution is -2.17. The number of thiophene rings is 1. The highest BCUT2D eigenvalue weighted by Crippen LogP contribution is 2.28. The molecule has 1 heterocycles. The normalized spacial score (nSPS) is 11.1. The molecule has 0 fully saturated rings. The Morgan fingerprint density at radius 2 is 1.57 bits per heavy atom. The van der Waals surface area contributed by atoms with E-state index in [0.29, 0.717) is 10.8 Å². The van der Waals surface area contributed by atoms with E-state index in [1.54, 1.807) is 5.48 Å². The van der Waals surface area contributed by atoms with Gasteiger partial charge in [0, 0.05) is 17.2 Å². The van der Waals surface area contributed by atoms with Gasteiger partial charge in [-0.3, -0.25) is 10.0 Å². The number of amides is 1. The Hall–Kier alpha value is -2.99. The van der Waals surface area contributed by atoms with Gasteiger partial charge in [-0.2, -0.15) is 0 Å². The zero-order valence-electron chi connectivity index (χ0n) is 16.5. The van der Waals surface area contributed by atoms with Crippen molar-refractivity contribution >= 4 is 27.3 Å². The second kappa shape index (κ2) is 9.67. The van der Waals surface area contributed by atoms with Crippen LogP contribution in [0.4, 0.5) is 0 Å². The molecular weight excluding hydrogens is 392 g/mol. The van der Waals surface area contributed by atoms with Gasteiger partial charge in [0.1, 0.15) is 0 Å². The van der Waals surface area contributed by atoms with E-state index in [0.717, 1.165) is 29.6 Å². The third-order valence-corrected chi connectivity index (χ3v) is 6.36. The number of nitrogens with one attached hydrogen (secondary N) is 2. The van der Waals surface area contributed by atoms with Crippen molar-refractivity contribution < 1.29 is 10.0 Å². The van der Waals surface area contributed by atoms with Crippen molar-refractivity contribution in [3.05, 3.63) is 106 Å². The number of carbonyl (C=O) groups excluding carboxylic acids is 1. The molecule has 0 spiro atoms. The summed E-state index contributed by atoms with van der Waals surface area (Å²) in [5.41, 5.74) is 5.54. The number of benzene rings is 3. The maximum absolute atomic E-state index is 11.6. The Morgan fingerprint density at radius 1 is 0.900 bits per heavy atom. The van der Waals surface area contributed by atoms with Crippen molar-refractivity contribution in [2.45, 2.75) is 18.9 Å². The van der Waals surface area contributed by atoms with Gasteiger partial charge in [-0.15, -0.1) is 11.3 Å². The smallest absolute Gasteiger partial charge is 0.284 e. The molecule has 0 bridgehead atoms. The molecule has 5 heteroatoms. The largest absolute Gasteiger partial charge is 0.313 e. The van der Waals surface area contributed by atoms with E-state index in [9.17, 15) is 4.79 Å². The summed E-state index contributed by atoms with van der Waals surface area (Å²) in [4.78, 5) is 12.1.